The average Bonchev–Trinajstić information content (AvgIpc) is 2.91. The highest BCUT2D eigenvalue weighted by molar-refractivity contribution is 5.94. The van der Waals surface area contributed by atoms with Gasteiger partial charge in [0.15, 0.2) is 0 Å². The van der Waals surface area contributed by atoms with Crippen LogP contribution in [0.25, 0.3) is 11.5 Å². The van der Waals surface area contributed by atoms with Gasteiger partial charge in [0.2, 0.25) is 0 Å². The first kappa shape index (κ1) is 14.1. The number of carbonyl (C=O) groups is 1. The lowest BCUT2D eigenvalue weighted by Gasteiger charge is -2.24. The van der Waals surface area contributed by atoms with Crippen LogP contribution < -0.4 is 10.9 Å². The molecule has 0 aliphatic rings. The molecule has 0 unspecified atom stereocenters. The van der Waals surface area contributed by atoms with E-state index in [1.165, 1.54) is 12.3 Å². The predicted octanol–water partition coefficient (Wildman–Crippen LogP) is 2.55. The first-order valence-electron chi connectivity index (χ1n) is 6.52. The average molecular weight is 274 g/mol. The highest BCUT2D eigenvalue weighted by atomic mass is 16.3. The first-order valence-corrected chi connectivity index (χ1v) is 6.52. The number of hydrogen-bond donors (Lipinski definition) is 2. The van der Waals surface area contributed by atoms with Gasteiger partial charge in [-0.25, -0.2) is 0 Å². The normalized spacial score (nSPS) is 11.3. The molecule has 2 aromatic rings. The van der Waals surface area contributed by atoms with Crippen LogP contribution in [0.3, 0.4) is 0 Å². The maximum Gasteiger partial charge on any atom is 0.261 e. The van der Waals surface area contributed by atoms with E-state index in [1.54, 1.807) is 18.2 Å². The number of H-pyrrole nitrogens is 1. The summed E-state index contributed by atoms with van der Waals surface area (Å²) in [7, 11) is 0. The van der Waals surface area contributed by atoms with E-state index < -0.39 is 5.56 Å². The molecule has 0 aliphatic heterocycles. The van der Waals surface area contributed by atoms with Gasteiger partial charge in [0, 0.05) is 5.54 Å². The molecule has 0 fully saturated rings. The summed E-state index contributed by atoms with van der Waals surface area (Å²) in [6, 6.07) is 6.65. The molecule has 1 amide bonds. The van der Waals surface area contributed by atoms with E-state index in [1.807, 2.05) is 20.8 Å². The van der Waals surface area contributed by atoms with E-state index in [4.69, 9.17) is 4.42 Å². The number of carbonyl (C=O) groups excluding carboxylic acids is 1. The molecule has 0 bridgehead atoms. The van der Waals surface area contributed by atoms with Crippen molar-refractivity contribution >= 4 is 5.91 Å². The highest BCUT2D eigenvalue weighted by Gasteiger charge is 2.20. The predicted molar refractivity (Wildman–Crippen MR) is 76.6 cm³/mol. The molecular formula is C15H18N2O3. The Kier molecular flexibility index (Phi) is 3.79. The third kappa shape index (κ3) is 2.99. The number of aromatic amines is 1. The van der Waals surface area contributed by atoms with Gasteiger partial charge in [-0.15, -0.1) is 0 Å². The van der Waals surface area contributed by atoms with Crippen molar-refractivity contribution in [2.24, 2.45) is 0 Å². The van der Waals surface area contributed by atoms with E-state index >= 15 is 0 Å². The van der Waals surface area contributed by atoms with Gasteiger partial charge in [0.05, 0.1) is 12.0 Å². The second-order valence-electron chi connectivity index (χ2n) is 5.28. The summed E-state index contributed by atoms with van der Waals surface area (Å²) in [6.07, 6.45) is 2.30. The molecule has 20 heavy (non-hydrogen) atoms. The zero-order chi connectivity index (χ0) is 14.8. The van der Waals surface area contributed by atoms with Crippen LogP contribution in [0, 0.1) is 0 Å². The SMILES string of the molecule is CCC(C)(C)NC(=O)c1ccc(-c2ccco2)[nH]c1=O. The van der Waals surface area contributed by atoms with Crippen LogP contribution in [0.4, 0.5) is 0 Å². The van der Waals surface area contributed by atoms with Gasteiger partial charge >= 0.3 is 0 Å². The Morgan fingerprint density at radius 2 is 2.10 bits per heavy atom. The molecule has 0 saturated heterocycles. The molecule has 0 aliphatic carbocycles. The number of furan rings is 1. The van der Waals surface area contributed by atoms with Gasteiger partial charge < -0.3 is 14.7 Å². The second-order valence-corrected chi connectivity index (χ2v) is 5.28. The molecule has 5 nitrogen and oxygen atoms in total. The number of hydrogen-bond acceptors (Lipinski definition) is 3. The van der Waals surface area contributed by atoms with Crippen molar-refractivity contribution in [1.82, 2.24) is 10.3 Å². The van der Waals surface area contributed by atoms with Crippen LogP contribution in [-0.4, -0.2) is 16.4 Å². The van der Waals surface area contributed by atoms with E-state index in [-0.39, 0.29) is 17.0 Å². The van der Waals surface area contributed by atoms with Crippen LogP contribution in [0.2, 0.25) is 0 Å². The van der Waals surface area contributed by atoms with Gasteiger partial charge in [-0.1, -0.05) is 6.92 Å². The maximum absolute atomic E-state index is 12.1. The fourth-order valence-electron chi connectivity index (χ4n) is 1.69. The van der Waals surface area contributed by atoms with Crippen LogP contribution in [0.1, 0.15) is 37.6 Å². The van der Waals surface area contributed by atoms with Crippen molar-refractivity contribution in [3.63, 3.8) is 0 Å². The molecule has 0 spiro atoms. The zero-order valence-electron chi connectivity index (χ0n) is 11.8. The topological polar surface area (TPSA) is 75.1 Å². The van der Waals surface area contributed by atoms with Gasteiger partial charge in [-0.05, 0) is 44.5 Å². The number of pyridine rings is 1. The summed E-state index contributed by atoms with van der Waals surface area (Å²) in [5.41, 5.74) is -0.125. The summed E-state index contributed by atoms with van der Waals surface area (Å²) in [6.45, 7) is 5.80. The minimum Gasteiger partial charge on any atom is -0.463 e. The van der Waals surface area contributed by atoms with Crippen LogP contribution in [0.5, 0.6) is 0 Å². The third-order valence-corrected chi connectivity index (χ3v) is 3.28. The summed E-state index contributed by atoms with van der Waals surface area (Å²) >= 11 is 0. The number of amides is 1. The number of rotatable bonds is 4. The van der Waals surface area contributed by atoms with Crippen molar-refractivity contribution in [2.45, 2.75) is 32.7 Å². The fourth-order valence-corrected chi connectivity index (χ4v) is 1.69. The standard InChI is InChI=1S/C15H18N2O3/c1-4-15(2,3)17-14(19)10-7-8-11(16-13(10)18)12-6-5-9-20-12/h5-9H,4H2,1-3H3,(H,16,18)(H,17,19). The summed E-state index contributed by atoms with van der Waals surface area (Å²) in [4.78, 5) is 26.7. The lowest BCUT2D eigenvalue weighted by atomic mass is 10.0. The van der Waals surface area contributed by atoms with Crippen molar-refractivity contribution < 1.29 is 9.21 Å². The molecule has 2 N–H and O–H groups in total. The van der Waals surface area contributed by atoms with Crippen LogP contribution in [0.15, 0.2) is 39.7 Å². The highest BCUT2D eigenvalue weighted by Crippen LogP contribution is 2.16. The molecule has 0 aromatic carbocycles. The number of nitrogens with one attached hydrogen (secondary N) is 2. The zero-order valence-corrected chi connectivity index (χ0v) is 11.8. The van der Waals surface area contributed by atoms with E-state index in [9.17, 15) is 9.59 Å². The van der Waals surface area contributed by atoms with Crippen LogP contribution >= 0.6 is 0 Å². The lowest BCUT2D eigenvalue weighted by molar-refractivity contribution is 0.0909. The van der Waals surface area contributed by atoms with Gasteiger partial charge in [0.25, 0.3) is 11.5 Å². The largest absolute Gasteiger partial charge is 0.463 e. The van der Waals surface area contributed by atoms with Gasteiger partial charge in [-0.2, -0.15) is 0 Å². The molecule has 0 atom stereocenters. The Labute approximate surface area is 117 Å². The van der Waals surface area contributed by atoms with Gasteiger partial charge in [0.1, 0.15) is 11.3 Å². The molecule has 2 aromatic heterocycles. The van der Waals surface area contributed by atoms with Crippen molar-refractivity contribution in [1.29, 1.82) is 0 Å². The fraction of sp³-hybridized carbons (Fsp3) is 0.333. The monoisotopic (exact) mass is 274 g/mol. The smallest absolute Gasteiger partial charge is 0.261 e. The van der Waals surface area contributed by atoms with Crippen LogP contribution in [-0.2, 0) is 0 Å². The third-order valence-electron chi connectivity index (χ3n) is 3.28. The molecule has 106 valence electrons. The second kappa shape index (κ2) is 5.36. The maximum atomic E-state index is 12.1. The molecule has 2 heterocycles. The molecular weight excluding hydrogens is 256 g/mol. The quantitative estimate of drug-likeness (QED) is 0.899. The Hall–Kier alpha value is -2.30. The molecule has 0 radical (unpaired) electrons. The first-order chi connectivity index (χ1) is 9.43. The molecule has 0 saturated carbocycles. The van der Waals surface area contributed by atoms with Crippen molar-refractivity contribution in [3.8, 4) is 11.5 Å². The Balaban J connectivity index is 2.27. The minimum absolute atomic E-state index is 0.0989. The minimum atomic E-state index is -0.427. The van der Waals surface area contributed by atoms with E-state index in [2.05, 4.69) is 10.3 Å². The number of aromatic nitrogens is 1. The Bertz CT molecular complexity index is 654. The lowest BCUT2D eigenvalue weighted by Crippen LogP contribution is -2.44. The van der Waals surface area contributed by atoms with Gasteiger partial charge in [-0.3, -0.25) is 9.59 Å². The van der Waals surface area contributed by atoms with E-state index in [0.717, 1.165) is 6.42 Å². The summed E-state index contributed by atoms with van der Waals surface area (Å²) in [5.74, 6) is 0.187. The summed E-state index contributed by atoms with van der Waals surface area (Å²) in [5, 5.41) is 2.83. The van der Waals surface area contributed by atoms with E-state index in [0.29, 0.717) is 11.5 Å². The Morgan fingerprint density at radius 1 is 1.35 bits per heavy atom. The summed E-state index contributed by atoms with van der Waals surface area (Å²) < 4.78 is 5.20. The van der Waals surface area contributed by atoms with Crippen molar-refractivity contribution in [2.75, 3.05) is 0 Å². The Morgan fingerprint density at radius 3 is 2.65 bits per heavy atom. The molecule has 5 heteroatoms. The van der Waals surface area contributed by atoms with Crippen molar-refractivity contribution in [3.05, 3.63) is 46.4 Å². The molecule has 2 rings (SSSR count).